The van der Waals surface area contributed by atoms with E-state index in [0.717, 1.165) is 5.56 Å². The van der Waals surface area contributed by atoms with E-state index in [4.69, 9.17) is 21.4 Å². The number of carbonyl (C=O) groups excluding carboxylic acids is 1. The Morgan fingerprint density at radius 3 is 2.86 bits per heavy atom. The maximum atomic E-state index is 12.5. The SMILES string of the molecule is CCC(C)N(CC(=O)O)C(=O)C1Cc2cc(Cl)ccc2O1. The Labute approximate surface area is 128 Å². The Hall–Kier alpha value is -1.75. The highest BCUT2D eigenvalue weighted by molar-refractivity contribution is 6.30. The van der Waals surface area contributed by atoms with E-state index in [0.29, 0.717) is 23.6 Å². The van der Waals surface area contributed by atoms with Crippen LogP contribution in [0, 0.1) is 0 Å². The topological polar surface area (TPSA) is 66.8 Å². The third-order valence-corrected chi connectivity index (χ3v) is 3.92. The third-order valence-electron chi connectivity index (χ3n) is 3.68. The van der Waals surface area contributed by atoms with Gasteiger partial charge in [-0.05, 0) is 37.1 Å². The molecular weight excluding hydrogens is 294 g/mol. The molecule has 1 aliphatic heterocycles. The number of hydrogen-bond acceptors (Lipinski definition) is 3. The van der Waals surface area contributed by atoms with Gasteiger partial charge in [-0.1, -0.05) is 18.5 Å². The molecule has 1 aromatic rings. The number of benzene rings is 1. The van der Waals surface area contributed by atoms with Crippen LogP contribution in [0.4, 0.5) is 0 Å². The Balaban J connectivity index is 2.14. The van der Waals surface area contributed by atoms with Crippen LogP contribution in [0.15, 0.2) is 18.2 Å². The van der Waals surface area contributed by atoms with E-state index in [-0.39, 0.29) is 18.5 Å². The number of carbonyl (C=O) groups is 2. The number of carboxylic acid groups (broad SMARTS) is 1. The average Bonchev–Trinajstić information content (AvgIpc) is 2.85. The maximum absolute atomic E-state index is 12.5. The van der Waals surface area contributed by atoms with Gasteiger partial charge in [0.15, 0.2) is 6.10 Å². The summed E-state index contributed by atoms with van der Waals surface area (Å²) in [6, 6.07) is 5.06. The summed E-state index contributed by atoms with van der Waals surface area (Å²) in [4.78, 5) is 24.9. The van der Waals surface area contributed by atoms with Crippen molar-refractivity contribution in [2.45, 2.75) is 38.8 Å². The van der Waals surface area contributed by atoms with Gasteiger partial charge in [0.05, 0.1) is 0 Å². The molecule has 21 heavy (non-hydrogen) atoms. The van der Waals surface area contributed by atoms with Crippen molar-refractivity contribution in [1.82, 2.24) is 4.90 Å². The van der Waals surface area contributed by atoms with Crippen LogP contribution in [-0.4, -0.2) is 40.6 Å². The summed E-state index contributed by atoms with van der Waals surface area (Å²) in [6.45, 7) is 3.43. The van der Waals surface area contributed by atoms with E-state index in [9.17, 15) is 9.59 Å². The Morgan fingerprint density at radius 2 is 2.24 bits per heavy atom. The van der Waals surface area contributed by atoms with Gasteiger partial charge >= 0.3 is 5.97 Å². The zero-order valence-corrected chi connectivity index (χ0v) is 12.8. The molecule has 1 heterocycles. The Morgan fingerprint density at radius 1 is 1.52 bits per heavy atom. The zero-order chi connectivity index (χ0) is 15.6. The second-order valence-corrected chi connectivity index (χ2v) is 5.62. The van der Waals surface area contributed by atoms with Gasteiger partial charge in [0, 0.05) is 17.5 Å². The normalized spacial score (nSPS) is 17.8. The summed E-state index contributed by atoms with van der Waals surface area (Å²) in [5.74, 6) is -0.682. The molecule has 0 aliphatic carbocycles. The van der Waals surface area contributed by atoms with Crippen LogP contribution >= 0.6 is 11.6 Å². The third kappa shape index (κ3) is 3.47. The zero-order valence-electron chi connectivity index (χ0n) is 12.0. The van der Waals surface area contributed by atoms with Crippen molar-refractivity contribution < 1.29 is 19.4 Å². The minimum absolute atomic E-state index is 0.149. The van der Waals surface area contributed by atoms with E-state index in [1.165, 1.54) is 4.90 Å². The number of rotatable bonds is 5. The lowest BCUT2D eigenvalue weighted by Crippen LogP contribution is -2.48. The molecule has 2 unspecified atom stereocenters. The van der Waals surface area contributed by atoms with E-state index in [1.807, 2.05) is 13.8 Å². The molecular formula is C15H18ClNO4. The van der Waals surface area contributed by atoms with Crippen molar-refractivity contribution in [3.63, 3.8) is 0 Å². The van der Waals surface area contributed by atoms with Crippen LogP contribution in [0.5, 0.6) is 5.75 Å². The van der Waals surface area contributed by atoms with Crippen molar-refractivity contribution in [1.29, 1.82) is 0 Å². The summed E-state index contributed by atoms with van der Waals surface area (Å²) < 4.78 is 5.64. The highest BCUT2D eigenvalue weighted by Crippen LogP contribution is 2.32. The molecule has 0 aromatic heterocycles. The molecule has 0 saturated heterocycles. The predicted molar refractivity (Wildman–Crippen MR) is 78.7 cm³/mol. The first-order chi connectivity index (χ1) is 9.92. The van der Waals surface area contributed by atoms with Gasteiger partial charge in [-0.2, -0.15) is 0 Å². The van der Waals surface area contributed by atoms with Crippen LogP contribution in [-0.2, 0) is 16.0 Å². The number of aliphatic carboxylic acids is 1. The van der Waals surface area contributed by atoms with Crippen LogP contribution in [0.25, 0.3) is 0 Å². The molecule has 0 fully saturated rings. The lowest BCUT2D eigenvalue weighted by molar-refractivity contribution is -0.149. The number of nitrogens with zero attached hydrogens (tertiary/aromatic N) is 1. The van der Waals surface area contributed by atoms with Crippen molar-refractivity contribution >= 4 is 23.5 Å². The number of halogens is 1. The molecule has 2 atom stereocenters. The summed E-state index contributed by atoms with van der Waals surface area (Å²) in [7, 11) is 0. The van der Waals surface area contributed by atoms with Gasteiger partial charge < -0.3 is 14.7 Å². The lowest BCUT2D eigenvalue weighted by Gasteiger charge is -2.29. The molecule has 0 saturated carbocycles. The van der Waals surface area contributed by atoms with Crippen LogP contribution < -0.4 is 4.74 Å². The highest BCUT2D eigenvalue weighted by atomic mass is 35.5. The summed E-state index contributed by atoms with van der Waals surface area (Å²) in [6.07, 6.45) is 0.429. The summed E-state index contributed by atoms with van der Waals surface area (Å²) >= 11 is 5.93. The van der Waals surface area contributed by atoms with Crippen molar-refractivity contribution in [2.24, 2.45) is 0 Å². The smallest absolute Gasteiger partial charge is 0.323 e. The quantitative estimate of drug-likeness (QED) is 0.906. The van der Waals surface area contributed by atoms with Crippen molar-refractivity contribution in [2.75, 3.05) is 6.54 Å². The van der Waals surface area contributed by atoms with Crippen LogP contribution in [0.3, 0.4) is 0 Å². The monoisotopic (exact) mass is 311 g/mol. The largest absolute Gasteiger partial charge is 0.480 e. The molecule has 1 amide bonds. The molecule has 6 heteroatoms. The van der Waals surface area contributed by atoms with Gasteiger partial charge in [0.1, 0.15) is 12.3 Å². The highest BCUT2D eigenvalue weighted by Gasteiger charge is 2.34. The van der Waals surface area contributed by atoms with E-state index in [2.05, 4.69) is 0 Å². The molecule has 1 aliphatic rings. The molecule has 0 radical (unpaired) electrons. The number of ether oxygens (including phenoxy) is 1. The molecule has 0 bridgehead atoms. The first-order valence-electron chi connectivity index (χ1n) is 6.89. The summed E-state index contributed by atoms with van der Waals surface area (Å²) in [5.41, 5.74) is 0.875. The first kappa shape index (κ1) is 15.6. The molecule has 5 nitrogen and oxygen atoms in total. The van der Waals surface area contributed by atoms with Crippen LogP contribution in [0.1, 0.15) is 25.8 Å². The fourth-order valence-electron chi connectivity index (χ4n) is 2.36. The van der Waals surface area contributed by atoms with Gasteiger partial charge in [-0.25, -0.2) is 0 Å². The van der Waals surface area contributed by atoms with E-state index in [1.54, 1.807) is 18.2 Å². The Bertz CT molecular complexity index is 561. The predicted octanol–water partition coefficient (Wildman–Crippen LogP) is 2.36. The number of amides is 1. The van der Waals surface area contributed by atoms with E-state index >= 15 is 0 Å². The molecule has 114 valence electrons. The van der Waals surface area contributed by atoms with Gasteiger partial charge in [0.25, 0.3) is 5.91 Å². The molecule has 1 N–H and O–H groups in total. The van der Waals surface area contributed by atoms with Crippen molar-refractivity contribution in [3.8, 4) is 5.75 Å². The Kier molecular flexibility index (Phi) is 4.73. The number of carboxylic acids is 1. The second-order valence-electron chi connectivity index (χ2n) is 5.18. The maximum Gasteiger partial charge on any atom is 0.323 e. The molecule has 0 spiro atoms. The lowest BCUT2D eigenvalue weighted by atomic mass is 10.1. The van der Waals surface area contributed by atoms with Gasteiger partial charge in [-0.3, -0.25) is 9.59 Å². The van der Waals surface area contributed by atoms with Gasteiger partial charge in [0.2, 0.25) is 0 Å². The van der Waals surface area contributed by atoms with E-state index < -0.39 is 12.1 Å². The average molecular weight is 312 g/mol. The van der Waals surface area contributed by atoms with Gasteiger partial charge in [-0.15, -0.1) is 0 Å². The van der Waals surface area contributed by atoms with Crippen LogP contribution in [0.2, 0.25) is 5.02 Å². The standard InChI is InChI=1S/C15H18ClNO4/c1-3-9(2)17(8-14(18)19)15(20)13-7-10-6-11(16)4-5-12(10)21-13/h4-6,9,13H,3,7-8H2,1-2H3,(H,18,19). The minimum atomic E-state index is -1.03. The molecule has 2 rings (SSSR count). The second kappa shape index (κ2) is 6.35. The minimum Gasteiger partial charge on any atom is -0.480 e. The number of hydrogen-bond donors (Lipinski definition) is 1. The fourth-order valence-corrected chi connectivity index (χ4v) is 2.55. The molecule has 1 aromatic carbocycles. The fraction of sp³-hybridized carbons (Fsp3) is 0.467. The van der Waals surface area contributed by atoms with Crippen molar-refractivity contribution in [3.05, 3.63) is 28.8 Å². The first-order valence-corrected chi connectivity index (χ1v) is 7.27. The number of fused-ring (bicyclic) bond motifs is 1. The summed E-state index contributed by atoms with van der Waals surface area (Å²) in [5, 5.41) is 9.57.